The van der Waals surface area contributed by atoms with Crippen molar-refractivity contribution in [3.63, 3.8) is 0 Å². The molecular weight excluding hydrogens is 376 g/mol. The lowest BCUT2D eigenvalue weighted by atomic mass is 10.3. The third-order valence-electron chi connectivity index (χ3n) is 4.54. The SMILES string of the molecule is O=C(Nc1ccc(N2CCOCC2)cn1)c1cnn(-c2ccc([N+](=O)[O-])cc2)c1. The van der Waals surface area contributed by atoms with E-state index in [4.69, 9.17) is 4.74 Å². The van der Waals surface area contributed by atoms with Crippen molar-refractivity contribution in [2.24, 2.45) is 0 Å². The lowest BCUT2D eigenvalue weighted by Gasteiger charge is -2.28. The number of rotatable bonds is 5. The Balaban J connectivity index is 1.42. The first-order chi connectivity index (χ1) is 14.1. The number of nitro benzene ring substituents is 1. The molecule has 0 atom stereocenters. The number of carbonyl (C=O) groups excluding carboxylic acids is 1. The molecule has 1 aliphatic rings. The van der Waals surface area contributed by atoms with Crippen molar-refractivity contribution in [3.8, 4) is 5.69 Å². The van der Waals surface area contributed by atoms with E-state index in [-0.39, 0.29) is 11.6 Å². The van der Waals surface area contributed by atoms with Gasteiger partial charge in [-0.05, 0) is 24.3 Å². The van der Waals surface area contributed by atoms with Crippen LogP contribution in [0.4, 0.5) is 17.2 Å². The number of morpholine rings is 1. The average molecular weight is 394 g/mol. The molecule has 29 heavy (non-hydrogen) atoms. The van der Waals surface area contributed by atoms with Crippen LogP contribution < -0.4 is 10.2 Å². The second-order valence-corrected chi connectivity index (χ2v) is 6.40. The van der Waals surface area contributed by atoms with Crippen LogP contribution >= 0.6 is 0 Å². The van der Waals surface area contributed by atoms with Gasteiger partial charge in [-0.1, -0.05) is 0 Å². The molecule has 1 saturated heterocycles. The van der Waals surface area contributed by atoms with E-state index in [0.29, 0.717) is 30.3 Å². The summed E-state index contributed by atoms with van der Waals surface area (Å²) < 4.78 is 6.82. The number of pyridine rings is 1. The lowest BCUT2D eigenvalue weighted by Crippen LogP contribution is -2.36. The molecule has 0 bridgehead atoms. The highest BCUT2D eigenvalue weighted by molar-refractivity contribution is 6.03. The first kappa shape index (κ1) is 18.6. The molecule has 3 aromatic rings. The van der Waals surface area contributed by atoms with E-state index in [9.17, 15) is 14.9 Å². The highest BCUT2D eigenvalue weighted by Gasteiger charge is 2.14. The second kappa shape index (κ2) is 8.07. The van der Waals surface area contributed by atoms with Crippen molar-refractivity contribution < 1.29 is 14.5 Å². The Hall–Kier alpha value is -3.79. The van der Waals surface area contributed by atoms with Gasteiger partial charge in [-0.25, -0.2) is 9.67 Å². The quantitative estimate of drug-likeness (QED) is 0.521. The molecular formula is C19H18N6O4. The predicted molar refractivity (Wildman–Crippen MR) is 105 cm³/mol. The second-order valence-electron chi connectivity index (χ2n) is 6.40. The molecule has 4 rings (SSSR count). The number of non-ortho nitro benzene ring substituents is 1. The fourth-order valence-electron chi connectivity index (χ4n) is 2.97. The van der Waals surface area contributed by atoms with Gasteiger partial charge in [0.05, 0.1) is 47.5 Å². The minimum absolute atomic E-state index is 0.00882. The van der Waals surface area contributed by atoms with Gasteiger partial charge in [0.15, 0.2) is 0 Å². The van der Waals surface area contributed by atoms with Crippen molar-refractivity contribution in [1.82, 2.24) is 14.8 Å². The Morgan fingerprint density at radius 3 is 2.45 bits per heavy atom. The molecule has 0 saturated carbocycles. The minimum Gasteiger partial charge on any atom is -0.378 e. The number of nitrogens with zero attached hydrogens (tertiary/aromatic N) is 5. The van der Waals surface area contributed by atoms with Gasteiger partial charge in [-0.3, -0.25) is 14.9 Å². The summed E-state index contributed by atoms with van der Waals surface area (Å²) in [6, 6.07) is 9.57. The Bertz CT molecular complexity index is 1010. The van der Waals surface area contributed by atoms with Crippen LogP contribution in [0.1, 0.15) is 10.4 Å². The zero-order valence-electron chi connectivity index (χ0n) is 15.4. The highest BCUT2D eigenvalue weighted by atomic mass is 16.6. The Labute approximate surface area is 165 Å². The van der Waals surface area contributed by atoms with Crippen molar-refractivity contribution in [1.29, 1.82) is 0 Å². The number of amides is 1. The number of nitrogens with one attached hydrogen (secondary N) is 1. The topological polar surface area (TPSA) is 115 Å². The summed E-state index contributed by atoms with van der Waals surface area (Å²) in [5.41, 5.74) is 1.94. The number of anilines is 2. The van der Waals surface area contributed by atoms with Crippen LogP contribution in [0.5, 0.6) is 0 Å². The van der Waals surface area contributed by atoms with E-state index < -0.39 is 4.92 Å². The van der Waals surface area contributed by atoms with Gasteiger partial charge >= 0.3 is 0 Å². The molecule has 148 valence electrons. The molecule has 0 spiro atoms. The number of hydrogen-bond acceptors (Lipinski definition) is 7. The monoisotopic (exact) mass is 394 g/mol. The van der Waals surface area contributed by atoms with Crippen LogP contribution in [0.2, 0.25) is 0 Å². The number of nitro groups is 1. The van der Waals surface area contributed by atoms with Gasteiger partial charge in [0.2, 0.25) is 0 Å². The van der Waals surface area contributed by atoms with E-state index in [2.05, 4.69) is 20.3 Å². The summed E-state index contributed by atoms with van der Waals surface area (Å²) in [7, 11) is 0. The van der Waals surface area contributed by atoms with Gasteiger partial charge in [0, 0.05) is 31.4 Å². The van der Waals surface area contributed by atoms with Crippen molar-refractivity contribution >= 4 is 23.1 Å². The smallest absolute Gasteiger partial charge is 0.269 e. The van der Waals surface area contributed by atoms with Crippen LogP contribution in [0, 0.1) is 10.1 Å². The maximum atomic E-state index is 12.5. The summed E-state index contributed by atoms with van der Waals surface area (Å²) in [5, 5.41) is 17.6. The van der Waals surface area contributed by atoms with Gasteiger partial charge < -0.3 is 15.0 Å². The predicted octanol–water partition coefficient (Wildman–Crippen LogP) is 2.26. The first-order valence-electron chi connectivity index (χ1n) is 9.00. The van der Waals surface area contributed by atoms with Crippen LogP contribution in [0.3, 0.4) is 0 Å². The number of hydrogen-bond donors (Lipinski definition) is 1. The maximum Gasteiger partial charge on any atom is 0.269 e. The molecule has 10 heteroatoms. The highest BCUT2D eigenvalue weighted by Crippen LogP contribution is 2.18. The molecule has 1 fully saturated rings. The van der Waals surface area contributed by atoms with Crippen molar-refractivity contribution in [2.45, 2.75) is 0 Å². The van der Waals surface area contributed by atoms with Crippen LogP contribution in [0.15, 0.2) is 55.0 Å². The summed E-state index contributed by atoms with van der Waals surface area (Å²) >= 11 is 0. The molecule has 1 N–H and O–H groups in total. The van der Waals surface area contributed by atoms with Gasteiger partial charge in [-0.15, -0.1) is 0 Å². The largest absolute Gasteiger partial charge is 0.378 e. The molecule has 0 aliphatic carbocycles. The van der Waals surface area contributed by atoms with Crippen LogP contribution in [-0.2, 0) is 4.74 Å². The van der Waals surface area contributed by atoms with E-state index in [0.717, 1.165) is 18.8 Å². The lowest BCUT2D eigenvalue weighted by molar-refractivity contribution is -0.384. The normalized spacial score (nSPS) is 13.9. The van der Waals surface area contributed by atoms with Gasteiger partial charge in [0.25, 0.3) is 11.6 Å². The van der Waals surface area contributed by atoms with Crippen LogP contribution in [-0.4, -0.2) is 51.9 Å². The van der Waals surface area contributed by atoms with Crippen molar-refractivity contribution in [3.05, 3.63) is 70.7 Å². The molecule has 1 aromatic carbocycles. The van der Waals surface area contributed by atoms with Crippen LogP contribution in [0.25, 0.3) is 5.69 Å². The van der Waals surface area contributed by atoms with E-state index in [1.807, 2.05) is 6.07 Å². The van der Waals surface area contributed by atoms with E-state index in [1.54, 1.807) is 30.6 Å². The molecule has 10 nitrogen and oxygen atoms in total. The Kier molecular flexibility index (Phi) is 5.16. The molecule has 0 unspecified atom stereocenters. The summed E-state index contributed by atoms with van der Waals surface area (Å²) in [6.45, 7) is 3.01. The third kappa shape index (κ3) is 4.22. The van der Waals surface area contributed by atoms with Gasteiger partial charge in [-0.2, -0.15) is 5.10 Å². The third-order valence-corrected chi connectivity index (χ3v) is 4.54. The van der Waals surface area contributed by atoms with Gasteiger partial charge in [0.1, 0.15) is 5.82 Å². The fourth-order valence-corrected chi connectivity index (χ4v) is 2.97. The molecule has 1 amide bonds. The zero-order valence-corrected chi connectivity index (χ0v) is 15.4. The summed E-state index contributed by atoms with van der Waals surface area (Å²) in [6.07, 6.45) is 4.71. The summed E-state index contributed by atoms with van der Waals surface area (Å²) in [4.78, 5) is 29.2. The van der Waals surface area contributed by atoms with E-state index >= 15 is 0 Å². The minimum atomic E-state index is -0.469. The first-order valence-corrected chi connectivity index (χ1v) is 9.00. The standard InChI is InChI=1S/C19H18N6O4/c26-19(22-18-6-5-17(12-20-18)23-7-9-29-10-8-23)14-11-21-24(13-14)15-1-3-16(4-2-15)25(27)28/h1-6,11-13H,7-10H2,(H,20,22,26). The Morgan fingerprint density at radius 1 is 1.07 bits per heavy atom. The Morgan fingerprint density at radius 2 is 1.79 bits per heavy atom. The number of ether oxygens (including phenoxy) is 1. The number of carbonyl (C=O) groups is 1. The molecule has 1 aliphatic heterocycles. The maximum absolute atomic E-state index is 12.5. The molecule has 2 aromatic heterocycles. The summed E-state index contributed by atoms with van der Waals surface area (Å²) in [5.74, 6) is 0.0971. The number of aromatic nitrogens is 3. The average Bonchev–Trinajstić information content (AvgIpc) is 3.25. The zero-order chi connectivity index (χ0) is 20.2. The number of benzene rings is 1. The fraction of sp³-hybridized carbons (Fsp3) is 0.211. The van der Waals surface area contributed by atoms with Crippen molar-refractivity contribution in [2.75, 3.05) is 36.5 Å². The molecule has 3 heterocycles. The molecule has 0 radical (unpaired) electrons. The van der Waals surface area contributed by atoms with E-state index in [1.165, 1.54) is 23.0 Å².